The highest BCUT2D eigenvalue weighted by Crippen LogP contribution is 2.36. The number of hydrogen-bond donors (Lipinski definition) is 1. The van der Waals surface area contributed by atoms with Gasteiger partial charge < -0.3 is 0 Å². The zero-order chi connectivity index (χ0) is 16.7. The fourth-order valence-electron chi connectivity index (χ4n) is 2.64. The lowest BCUT2D eigenvalue weighted by atomic mass is 10.1. The first kappa shape index (κ1) is 14.7. The number of rotatable bonds is 4. The average molecular weight is 339 g/mol. The molecule has 0 spiro atoms. The van der Waals surface area contributed by atoms with Crippen LogP contribution in [0.25, 0.3) is 16.8 Å². The summed E-state index contributed by atoms with van der Waals surface area (Å²) in [5.74, 6) is 0.685. The number of non-ortho nitro benzene ring substituents is 1. The van der Waals surface area contributed by atoms with Gasteiger partial charge in [-0.2, -0.15) is 0 Å². The Bertz CT molecular complexity index is 1050. The third-order valence-electron chi connectivity index (χ3n) is 3.84. The van der Waals surface area contributed by atoms with Crippen LogP contribution in [0.2, 0.25) is 0 Å². The molecule has 0 saturated heterocycles. The summed E-state index contributed by atoms with van der Waals surface area (Å²) in [6, 6.07) is 14.5. The van der Waals surface area contributed by atoms with Crippen molar-refractivity contribution in [2.24, 2.45) is 0 Å². The maximum atomic E-state index is 10.9. The molecule has 2 aromatic heterocycles. The van der Waals surface area contributed by atoms with E-state index in [0.717, 1.165) is 21.8 Å². The lowest BCUT2D eigenvalue weighted by Gasteiger charge is -2.09. The fourth-order valence-corrected chi connectivity index (χ4v) is 3.63. The predicted octanol–water partition coefficient (Wildman–Crippen LogP) is 3.97. The number of H-pyrrole nitrogens is 1. The highest BCUT2D eigenvalue weighted by molar-refractivity contribution is 7.99. The zero-order valence-electron chi connectivity index (χ0n) is 12.7. The van der Waals surface area contributed by atoms with Crippen molar-refractivity contribution in [1.29, 1.82) is 0 Å². The number of aromatic nitrogens is 4. The van der Waals surface area contributed by atoms with Gasteiger partial charge in [0.05, 0.1) is 16.0 Å². The molecule has 0 unspecified atom stereocenters. The van der Waals surface area contributed by atoms with E-state index in [4.69, 9.17) is 0 Å². The van der Waals surface area contributed by atoms with Gasteiger partial charge in [-0.3, -0.25) is 14.5 Å². The quantitative estimate of drug-likeness (QED) is 0.345. The van der Waals surface area contributed by atoms with E-state index < -0.39 is 0 Å². The molecule has 0 radical (unpaired) electrons. The predicted molar refractivity (Wildman–Crippen MR) is 92.2 cm³/mol. The molecule has 2 aromatic carbocycles. The minimum atomic E-state index is -0.378. The molecule has 0 bridgehead atoms. The zero-order valence-corrected chi connectivity index (χ0v) is 13.5. The number of fused-ring (bicyclic) bond motifs is 3. The van der Waals surface area contributed by atoms with Gasteiger partial charge in [-0.25, -0.2) is 10.1 Å². The van der Waals surface area contributed by atoms with Gasteiger partial charge in [0.1, 0.15) is 0 Å². The van der Waals surface area contributed by atoms with Crippen LogP contribution in [-0.4, -0.2) is 24.5 Å². The lowest BCUT2D eigenvalue weighted by Crippen LogP contribution is -1.94. The highest BCUT2D eigenvalue weighted by atomic mass is 32.2. The molecule has 2 heterocycles. The molecular formula is C16H13N5O2S. The number of nitrogens with zero attached hydrogens (tertiary/aromatic N) is 4. The van der Waals surface area contributed by atoms with Gasteiger partial charge in [-0.1, -0.05) is 36.0 Å². The number of nitro groups is 1. The molecule has 0 saturated carbocycles. The molecule has 8 heteroatoms. The van der Waals surface area contributed by atoms with Crippen LogP contribution in [0.4, 0.5) is 5.69 Å². The molecule has 1 atom stereocenters. The highest BCUT2D eigenvalue weighted by Gasteiger charge is 2.17. The number of thioether (sulfide) groups is 1. The number of aromatic amines is 1. The standard InChI is InChI=1S/C16H13N5O2S/c1-10(11-5-4-6-12(9-11)21(22)23)24-16-19-18-15-17-13-7-2-3-8-14(13)20(15)16/h2-10H,1H3,(H,17,18)/t10-/m1/s1. The van der Waals surface area contributed by atoms with Gasteiger partial charge >= 0.3 is 0 Å². The molecule has 4 rings (SSSR count). The van der Waals surface area contributed by atoms with Crippen LogP contribution in [0, 0.1) is 10.1 Å². The number of nitro benzene ring substituents is 1. The number of benzene rings is 2. The second kappa shape index (κ2) is 5.64. The van der Waals surface area contributed by atoms with Crippen molar-refractivity contribution in [3.05, 3.63) is 64.2 Å². The van der Waals surface area contributed by atoms with Crippen molar-refractivity contribution >= 4 is 34.3 Å². The third-order valence-corrected chi connectivity index (χ3v) is 4.95. The van der Waals surface area contributed by atoms with Gasteiger partial charge in [0.25, 0.3) is 5.69 Å². The van der Waals surface area contributed by atoms with E-state index in [1.54, 1.807) is 12.1 Å². The molecule has 0 aliphatic rings. The van der Waals surface area contributed by atoms with E-state index in [0.29, 0.717) is 5.78 Å². The third kappa shape index (κ3) is 2.41. The summed E-state index contributed by atoms with van der Waals surface area (Å²) in [4.78, 5) is 15.1. The first-order chi connectivity index (χ1) is 11.6. The second-order valence-electron chi connectivity index (χ2n) is 5.38. The smallest absolute Gasteiger partial charge is 0.258 e. The number of imidazole rings is 1. The molecular weight excluding hydrogens is 326 g/mol. The van der Waals surface area contributed by atoms with Crippen LogP contribution in [0.1, 0.15) is 17.7 Å². The summed E-state index contributed by atoms with van der Waals surface area (Å²) in [6.07, 6.45) is 0. The number of hydrogen-bond acceptors (Lipinski definition) is 5. The van der Waals surface area contributed by atoms with E-state index in [1.165, 1.54) is 17.8 Å². The number of nitrogens with one attached hydrogen (secondary N) is 1. The van der Waals surface area contributed by atoms with Gasteiger partial charge in [0.15, 0.2) is 5.16 Å². The Morgan fingerprint density at radius 3 is 2.92 bits per heavy atom. The van der Waals surface area contributed by atoms with Gasteiger partial charge in [-0.05, 0) is 24.6 Å². The van der Waals surface area contributed by atoms with E-state index >= 15 is 0 Å². The molecule has 120 valence electrons. The fraction of sp³-hybridized carbons (Fsp3) is 0.125. The van der Waals surface area contributed by atoms with E-state index in [9.17, 15) is 10.1 Å². The van der Waals surface area contributed by atoms with Crippen molar-refractivity contribution in [3.8, 4) is 0 Å². The van der Waals surface area contributed by atoms with Crippen molar-refractivity contribution in [1.82, 2.24) is 19.6 Å². The van der Waals surface area contributed by atoms with Crippen LogP contribution in [0.5, 0.6) is 0 Å². The summed E-state index contributed by atoms with van der Waals surface area (Å²) >= 11 is 1.53. The van der Waals surface area contributed by atoms with Gasteiger partial charge in [0, 0.05) is 17.4 Å². The van der Waals surface area contributed by atoms with Crippen LogP contribution >= 0.6 is 11.8 Å². The summed E-state index contributed by atoms with van der Waals surface area (Å²) in [7, 11) is 0. The topological polar surface area (TPSA) is 89.1 Å². The van der Waals surface area contributed by atoms with Crippen LogP contribution in [0.15, 0.2) is 53.7 Å². The van der Waals surface area contributed by atoms with Crippen molar-refractivity contribution in [2.45, 2.75) is 17.3 Å². The summed E-state index contributed by atoms with van der Waals surface area (Å²) in [6.45, 7) is 2.00. The first-order valence-corrected chi connectivity index (χ1v) is 8.24. The van der Waals surface area contributed by atoms with Gasteiger partial charge in [-0.15, -0.1) is 5.10 Å². The minimum Gasteiger partial charge on any atom is -0.258 e. The molecule has 0 aliphatic carbocycles. The van der Waals surface area contributed by atoms with Gasteiger partial charge in [0.2, 0.25) is 5.78 Å². The monoisotopic (exact) mass is 339 g/mol. The molecule has 7 nitrogen and oxygen atoms in total. The first-order valence-electron chi connectivity index (χ1n) is 7.36. The van der Waals surface area contributed by atoms with Crippen LogP contribution in [-0.2, 0) is 0 Å². The van der Waals surface area contributed by atoms with Crippen LogP contribution < -0.4 is 0 Å². The van der Waals surface area contributed by atoms with Crippen molar-refractivity contribution in [2.75, 3.05) is 0 Å². The Kier molecular flexibility index (Phi) is 3.46. The maximum Gasteiger partial charge on any atom is 0.269 e. The van der Waals surface area contributed by atoms with E-state index in [1.807, 2.05) is 41.7 Å². The Morgan fingerprint density at radius 2 is 2.08 bits per heavy atom. The normalized spacial score (nSPS) is 12.7. The molecule has 0 aliphatic heterocycles. The van der Waals surface area contributed by atoms with Crippen LogP contribution in [0.3, 0.4) is 0 Å². The van der Waals surface area contributed by atoms with Crippen molar-refractivity contribution < 1.29 is 4.92 Å². The number of para-hydroxylation sites is 2. The Labute approximate surface area is 140 Å². The lowest BCUT2D eigenvalue weighted by molar-refractivity contribution is -0.384. The van der Waals surface area contributed by atoms with E-state index in [2.05, 4.69) is 15.2 Å². The van der Waals surface area contributed by atoms with E-state index in [-0.39, 0.29) is 15.9 Å². The Balaban J connectivity index is 1.71. The summed E-state index contributed by atoms with van der Waals surface area (Å²) in [5, 5.41) is 19.0. The largest absolute Gasteiger partial charge is 0.269 e. The second-order valence-corrected chi connectivity index (χ2v) is 6.69. The molecule has 0 amide bonds. The molecule has 0 fully saturated rings. The SMILES string of the molecule is C[C@@H](Sc1n[nH]c2nc3ccccc3n12)c1cccc([N+](=O)[O-])c1. The molecule has 4 aromatic rings. The van der Waals surface area contributed by atoms with Crippen molar-refractivity contribution in [3.63, 3.8) is 0 Å². The maximum absolute atomic E-state index is 10.9. The average Bonchev–Trinajstić information content (AvgIpc) is 3.14. The Hall–Kier alpha value is -2.87. The minimum absolute atomic E-state index is 0.0116. The molecule has 1 N–H and O–H groups in total. The summed E-state index contributed by atoms with van der Waals surface area (Å²) < 4.78 is 1.97. The summed E-state index contributed by atoms with van der Waals surface area (Å²) in [5.41, 5.74) is 2.86. The molecule has 24 heavy (non-hydrogen) atoms. The Morgan fingerprint density at radius 1 is 1.25 bits per heavy atom.